The zero-order valence-electron chi connectivity index (χ0n) is 9.16. The molecule has 1 atom stereocenters. The van der Waals surface area contributed by atoms with Gasteiger partial charge >= 0.3 is 0 Å². The molecule has 3 nitrogen and oxygen atoms in total. The van der Waals surface area contributed by atoms with E-state index in [0.29, 0.717) is 0 Å². The first-order valence-electron chi connectivity index (χ1n) is 5.24. The molecule has 0 spiro atoms. The van der Waals surface area contributed by atoms with Crippen molar-refractivity contribution in [2.75, 3.05) is 13.7 Å². The predicted molar refractivity (Wildman–Crippen MR) is 59.4 cm³/mol. The van der Waals surface area contributed by atoms with Gasteiger partial charge in [0.25, 0.3) is 0 Å². The molecule has 15 heavy (non-hydrogen) atoms. The molecule has 1 aliphatic rings. The van der Waals surface area contributed by atoms with Crippen molar-refractivity contribution in [1.29, 1.82) is 0 Å². The van der Waals surface area contributed by atoms with E-state index in [1.54, 1.807) is 0 Å². The molecule has 0 saturated heterocycles. The molecule has 0 bridgehead atoms. The van der Waals surface area contributed by atoms with Gasteiger partial charge in [0, 0.05) is 12.6 Å². The Labute approximate surface area is 90.2 Å². The maximum absolute atomic E-state index is 5.57. The molecular formula is C12H16N2O. The van der Waals surface area contributed by atoms with Crippen LogP contribution in [0.2, 0.25) is 0 Å². The Balaban J connectivity index is 2.30. The van der Waals surface area contributed by atoms with Crippen LogP contribution < -0.4 is 5.32 Å². The molecule has 0 aromatic carbocycles. The van der Waals surface area contributed by atoms with Crippen molar-refractivity contribution in [2.45, 2.75) is 19.4 Å². The Hall–Kier alpha value is -1.35. The van der Waals surface area contributed by atoms with Crippen LogP contribution in [0.25, 0.3) is 0 Å². The van der Waals surface area contributed by atoms with Gasteiger partial charge in [0.15, 0.2) is 0 Å². The van der Waals surface area contributed by atoms with E-state index < -0.39 is 0 Å². The summed E-state index contributed by atoms with van der Waals surface area (Å²) >= 11 is 0. The molecule has 0 saturated carbocycles. The molecule has 1 aliphatic heterocycles. The summed E-state index contributed by atoms with van der Waals surface area (Å²) in [4.78, 5) is 4.41. The van der Waals surface area contributed by atoms with Crippen LogP contribution >= 0.6 is 0 Å². The molecule has 2 rings (SSSR count). The van der Waals surface area contributed by atoms with E-state index >= 15 is 0 Å². The highest BCUT2D eigenvalue weighted by atomic mass is 16.5. The second kappa shape index (κ2) is 4.45. The number of aromatic nitrogens is 1. The lowest BCUT2D eigenvalue weighted by atomic mass is 10.1. The molecule has 0 radical (unpaired) electrons. The van der Waals surface area contributed by atoms with Crippen LogP contribution in [0.15, 0.2) is 30.2 Å². The zero-order valence-corrected chi connectivity index (χ0v) is 9.16. The van der Waals surface area contributed by atoms with Crippen molar-refractivity contribution in [3.8, 4) is 0 Å². The number of aryl methyl sites for hydroxylation is 1. The predicted octanol–water partition coefficient (Wildman–Crippen LogP) is 1.95. The maximum Gasteiger partial charge on any atom is 0.115 e. The fourth-order valence-electron chi connectivity index (χ4n) is 1.85. The number of rotatable bonds is 3. The Bertz CT molecular complexity index is 374. The van der Waals surface area contributed by atoms with Crippen LogP contribution in [0, 0.1) is 6.92 Å². The van der Waals surface area contributed by atoms with Gasteiger partial charge in [0.05, 0.1) is 12.3 Å². The number of ether oxygens (including phenoxy) is 1. The van der Waals surface area contributed by atoms with Gasteiger partial charge in [-0.25, -0.2) is 0 Å². The minimum absolute atomic E-state index is 0.0914. The summed E-state index contributed by atoms with van der Waals surface area (Å²) in [5.74, 6) is 0.999. The normalized spacial score (nSPS) is 17.1. The molecule has 0 fully saturated rings. The molecule has 1 unspecified atom stereocenters. The fraction of sp³-hybridized carbons (Fsp3) is 0.417. The Morgan fingerprint density at radius 2 is 2.40 bits per heavy atom. The number of pyridine rings is 1. The van der Waals surface area contributed by atoms with E-state index in [9.17, 15) is 0 Å². The highest BCUT2D eigenvalue weighted by Crippen LogP contribution is 2.26. The SMILES string of the molecule is CNC(C1=CCCO1)c1ncccc1C. The summed E-state index contributed by atoms with van der Waals surface area (Å²) in [6.07, 6.45) is 4.96. The van der Waals surface area contributed by atoms with Gasteiger partial charge in [-0.05, 0) is 31.7 Å². The quantitative estimate of drug-likeness (QED) is 0.817. The molecule has 2 heterocycles. The van der Waals surface area contributed by atoms with Crippen LogP contribution in [0.5, 0.6) is 0 Å². The van der Waals surface area contributed by atoms with Gasteiger partial charge in [-0.2, -0.15) is 0 Å². The lowest BCUT2D eigenvalue weighted by molar-refractivity contribution is 0.216. The van der Waals surface area contributed by atoms with Gasteiger partial charge in [-0.3, -0.25) is 4.98 Å². The smallest absolute Gasteiger partial charge is 0.115 e. The minimum atomic E-state index is 0.0914. The third-order valence-electron chi connectivity index (χ3n) is 2.63. The number of hydrogen-bond acceptors (Lipinski definition) is 3. The van der Waals surface area contributed by atoms with E-state index in [4.69, 9.17) is 4.74 Å². The largest absolute Gasteiger partial charge is 0.496 e. The second-order valence-corrected chi connectivity index (χ2v) is 3.67. The van der Waals surface area contributed by atoms with Crippen molar-refractivity contribution in [3.05, 3.63) is 41.4 Å². The third kappa shape index (κ3) is 2.02. The summed E-state index contributed by atoms with van der Waals surface area (Å²) in [6, 6.07) is 4.12. The van der Waals surface area contributed by atoms with Gasteiger partial charge in [0.1, 0.15) is 11.8 Å². The van der Waals surface area contributed by atoms with E-state index in [1.807, 2.05) is 19.3 Å². The first kappa shape index (κ1) is 10.2. The molecule has 1 aromatic rings. The topological polar surface area (TPSA) is 34.1 Å². The number of nitrogens with zero attached hydrogens (tertiary/aromatic N) is 1. The summed E-state index contributed by atoms with van der Waals surface area (Å²) in [6.45, 7) is 2.86. The first-order chi connectivity index (χ1) is 7.33. The van der Waals surface area contributed by atoms with E-state index in [1.165, 1.54) is 5.56 Å². The molecule has 0 amide bonds. The molecule has 80 valence electrons. The van der Waals surface area contributed by atoms with Gasteiger partial charge in [0.2, 0.25) is 0 Å². The first-order valence-corrected chi connectivity index (χ1v) is 5.24. The van der Waals surface area contributed by atoms with Crippen LogP contribution in [-0.4, -0.2) is 18.6 Å². The Morgan fingerprint density at radius 3 is 3.00 bits per heavy atom. The van der Waals surface area contributed by atoms with E-state index in [-0.39, 0.29) is 6.04 Å². The highest BCUT2D eigenvalue weighted by molar-refractivity contribution is 5.27. The summed E-state index contributed by atoms with van der Waals surface area (Å²) in [7, 11) is 1.93. The van der Waals surface area contributed by atoms with Crippen molar-refractivity contribution in [3.63, 3.8) is 0 Å². The van der Waals surface area contributed by atoms with Crippen LogP contribution in [0.3, 0.4) is 0 Å². The molecule has 1 aromatic heterocycles. The average Bonchev–Trinajstić information content (AvgIpc) is 2.75. The summed E-state index contributed by atoms with van der Waals surface area (Å²) in [5, 5.41) is 3.25. The Kier molecular flexibility index (Phi) is 3.02. The number of hydrogen-bond donors (Lipinski definition) is 1. The second-order valence-electron chi connectivity index (χ2n) is 3.67. The van der Waals surface area contributed by atoms with E-state index in [0.717, 1.165) is 24.5 Å². The van der Waals surface area contributed by atoms with E-state index in [2.05, 4.69) is 29.4 Å². The fourth-order valence-corrected chi connectivity index (χ4v) is 1.85. The van der Waals surface area contributed by atoms with Crippen LogP contribution in [0.4, 0.5) is 0 Å². The lowest BCUT2D eigenvalue weighted by Crippen LogP contribution is -2.21. The standard InChI is InChI=1S/C12H16N2O/c1-9-5-3-7-14-11(9)12(13-2)10-6-4-8-15-10/h3,5-7,12-13H,4,8H2,1-2H3. The van der Waals surface area contributed by atoms with Crippen LogP contribution in [0.1, 0.15) is 23.7 Å². The Morgan fingerprint density at radius 1 is 1.53 bits per heavy atom. The monoisotopic (exact) mass is 204 g/mol. The summed E-state index contributed by atoms with van der Waals surface area (Å²) < 4.78 is 5.57. The van der Waals surface area contributed by atoms with Crippen LogP contribution in [-0.2, 0) is 4.74 Å². The minimum Gasteiger partial charge on any atom is -0.496 e. The molecule has 0 aliphatic carbocycles. The van der Waals surface area contributed by atoms with Crippen molar-refractivity contribution in [1.82, 2.24) is 10.3 Å². The van der Waals surface area contributed by atoms with Crippen molar-refractivity contribution >= 4 is 0 Å². The van der Waals surface area contributed by atoms with Gasteiger partial charge in [-0.1, -0.05) is 6.07 Å². The molecular weight excluding hydrogens is 188 g/mol. The summed E-state index contributed by atoms with van der Waals surface area (Å²) in [5.41, 5.74) is 2.24. The molecule has 1 N–H and O–H groups in total. The van der Waals surface area contributed by atoms with Crippen molar-refractivity contribution in [2.24, 2.45) is 0 Å². The lowest BCUT2D eigenvalue weighted by Gasteiger charge is -2.18. The van der Waals surface area contributed by atoms with Crippen molar-refractivity contribution < 1.29 is 4.74 Å². The maximum atomic E-state index is 5.57. The van der Waals surface area contributed by atoms with Gasteiger partial charge < -0.3 is 10.1 Å². The third-order valence-corrected chi connectivity index (χ3v) is 2.63. The number of likely N-dealkylation sites (N-methyl/N-ethyl adjacent to an activating group) is 1. The van der Waals surface area contributed by atoms with Gasteiger partial charge in [-0.15, -0.1) is 0 Å². The number of nitrogens with one attached hydrogen (secondary N) is 1. The average molecular weight is 204 g/mol. The molecule has 3 heteroatoms. The highest BCUT2D eigenvalue weighted by Gasteiger charge is 2.21. The zero-order chi connectivity index (χ0) is 10.7.